The predicted octanol–water partition coefficient (Wildman–Crippen LogP) is 1.10. The second kappa shape index (κ2) is 7.08. The van der Waals surface area contributed by atoms with Gasteiger partial charge in [0, 0.05) is 18.9 Å². The van der Waals surface area contributed by atoms with Gasteiger partial charge in [-0.15, -0.1) is 0 Å². The van der Waals surface area contributed by atoms with Crippen molar-refractivity contribution in [3.63, 3.8) is 0 Å². The fourth-order valence-corrected chi connectivity index (χ4v) is 2.89. The van der Waals surface area contributed by atoms with Gasteiger partial charge in [-0.05, 0) is 25.7 Å². The van der Waals surface area contributed by atoms with E-state index < -0.39 is 5.91 Å². The number of carbonyl (C=O) groups excluding carboxylic acids is 2. The van der Waals surface area contributed by atoms with Gasteiger partial charge in [-0.3, -0.25) is 15.0 Å². The van der Waals surface area contributed by atoms with Crippen LogP contribution in [0, 0.1) is 0 Å². The minimum absolute atomic E-state index is 0.0190. The summed E-state index contributed by atoms with van der Waals surface area (Å²) < 4.78 is 5.16. The highest BCUT2D eigenvalue weighted by Gasteiger charge is 2.34. The Morgan fingerprint density at radius 1 is 1.22 bits per heavy atom. The maximum absolute atomic E-state index is 12.7. The Balaban J connectivity index is 1.74. The van der Waals surface area contributed by atoms with E-state index in [0.29, 0.717) is 11.8 Å². The Labute approximate surface area is 134 Å². The van der Waals surface area contributed by atoms with Gasteiger partial charge >= 0.3 is 5.91 Å². The number of nitrogens with zero attached hydrogens (tertiary/aromatic N) is 3. The van der Waals surface area contributed by atoms with Gasteiger partial charge in [0.05, 0.1) is 6.04 Å². The van der Waals surface area contributed by atoms with Crippen molar-refractivity contribution in [3.05, 3.63) is 11.7 Å². The van der Waals surface area contributed by atoms with E-state index in [1.165, 1.54) is 5.01 Å². The lowest BCUT2D eigenvalue weighted by molar-refractivity contribution is -0.125. The minimum atomic E-state index is -0.405. The maximum atomic E-state index is 12.7. The molecule has 2 aliphatic carbocycles. The topological polar surface area (TPSA) is 114 Å². The molecule has 0 atom stereocenters. The highest BCUT2D eigenvalue weighted by atomic mass is 16.5. The second-order valence-corrected chi connectivity index (χ2v) is 6.27. The third kappa shape index (κ3) is 3.87. The van der Waals surface area contributed by atoms with Crippen molar-refractivity contribution in [2.24, 2.45) is 5.73 Å². The molecule has 2 saturated carbocycles. The molecule has 1 aromatic rings. The standard InChI is InChI=1S/C15H23N5O3/c16-9-8-12(21)18-20(11-4-2-1-3-5-11)15(22)13-17-14(23-19-13)10-6-7-10/h10-11H,1-9,16H2,(H,18,21). The van der Waals surface area contributed by atoms with Gasteiger partial charge in [-0.25, -0.2) is 5.01 Å². The molecular formula is C15H23N5O3. The summed E-state index contributed by atoms with van der Waals surface area (Å²) >= 11 is 0. The number of nitrogens with two attached hydrogens (primary N) is 1. The second-order valence-electron chi connectivity index (χ2n) is 6.27. The number of hydrazine groups is 1. The van der Waals surface area contributed by atoms with Crippen LogP contribution in [0.2, 0.25) is 0 Å². The van der Waals surface area contributed by atoms with Crippen molar-refractivity contribution in [3.8, 4) is 0 Å². The first kappa shape index (κ1) is 15.9. The van der Waals surface area contributed by atoms with Crippen molar-refractivity contribution in [2.45, 2.75) is 63.3 Å². The zero-order valence-electron chi connectivity index (χ0n) is 13.2. The first-order valence-corrected chi connectivity index (χ1v) is 8.35. The number of amides is 2. The largest absolute Gasteiger partial charge is 0.338 e. The summed E-state index contributed by atoms with van der Waals surface area (Å²) in [6.07, 6.45) is 7.19. The molecule has 0 aliphatic heterocycles. The SMILES string of the molecule is NCCC(=O)NN(C(=O)c1noc(C2CC2)n1)C1CCCCC1. The van der Waals surface area contributed by atoms with Crippen molar-refractivity contribution in [2.75, 3.05) is 6.54 Å². The van der Waals surface area contributed by atoms with Gasteiger partial charge in [-0.1, -0.05) is 24.4 Å². The van der Waals surface area contributed by atoms with Crippen molar-refractivity contribution in [1.82, 2.24) is 20.6 Å². The van der Waals surface area contributed by atoms with Crippen LogP contribution < -0.4 is 11.2 Å². The van der Waals surface area contributed by atoms with E-state index in [9.17, 15) is 9.59 Å². The first-order valence-electron chi connectivity index (χ1n) is 8.35. The predicted molar refractivity (Wildman–Crippen MR) is 81.1 cm³/mol. The van der Waals surface area contributed by atoms with Crippen molar-refractivity contribution in [1.29, 1.82) is 0 Å². The van der Waals surface area contributed by atoms with Gasteiger partial charge in [0.25, 0.3) is 5.82 Å². The van der Waals surface area contributed by atoms with Gasteiger partial charge in [0.15, 0.2) is 0 Å². The molecule has 3 N–H and O–H groups in total. The molecule has 0 radical (unpaired) electrons. The lowest BCUT2D eigenvalue weighted by Gasteiger charge is -2.33. The summed E-state index contributed by atoms with van der Waals surface area (Å²) in [5.41, 5.74) is 8.09. The lowest BCUT2D eigenvalue weighted by Crippen LogP contribution is -2.53. The highest BCUT2D eigenvalue weighted by Crippen LogP contribution is 2.38. The average Bonchev–Trinajstić information content (AvgIpc) is 3.30. The fourth-order valence-electron chi connectivity index (χ4n) is 2.89. The molecule has 0 saturated heterocycles. The quantitative estimate of drug-likeness (QED) is 0.785. The number of carbonyl (C=O) groups is 2. The smallest absolute Gasteiger partial charge is 0.313 e. The molecule has 2 amide bonds. The molecular weight excluding hydrogens is 298 g/mol. The van der Waals surface area contributed by atoms with Crippen LogP contribution in [0.5, 0.6) is 0 Å². The summed E-state index contributed by atoms with van der Waals surface area (Å²) in [5.74, 6) is 0.157. The molecule has 3 rings (SSSR count). The number of aromatic nitrogens is 2. The van der Waals surface area contributed by atoms with Gasteiger partial charge in [-0.2, -0.15) is 4.98 Å². The Hall–Kier alpha value is -1.96. The summed E-state index contributed by atoms with van der Waals surface area (Å²) in [6, 6.07) is -0.0270. The molecule has 0 aromatic carbocycles. The van der Waals surface area contributed by atoms with E-state index in [2.05, 4.69) is 15.6 Å². The Bertz CT molecular complexity index is 563. The van der Waals surface area contributed by atoms with Crippen LogP contribution >= 0.6 is 0 Å². The van der Waals surface area contributed by atoms with Gasteiger partial charge in [0.2, 0.25) is 11.8 Å². The van der Waals surface area contributed by atoms with E-state index in [1.54, 1.807) is 0 Å². The van der Waals surface area contributed by atoms with E-state index in [4.69, 9.17) is 10.3 Å². The fraction of sp³-hybridized carbons (Fsp3) is 0.733. The van der Waals surface area contributed by atoms with Crippen molar-refractivity contribution < 1.29 is 14.1 Å². The molecule has 2 aliphatic rings. The average molecular weight is 321 g/mol. The minimum Gasteiger partial charge on any atom is -0.338 e. The zero-order valence-corrected chi connectivity index (χ0v) is 13.2. The molecule has 126 valence electrons. The number of nitrogens with one attached hydrogen (secondary N) is 1. The van der Waals surface area contributed by atoms with Crippen LogP contribution in [0.3, 0.4) is 0 Å². The Morgan fingerprint density at radius 2 is 1.96 bits per heavy atom. The van der Waals surface area contributed by atoms with Crippen LogP contribution in [-0.4, -0.2) is 39.6 Å². The summed E-state index contributed by atoms with van der Waals surface area (Å²) in [5, 5.41) is 5.18. The van der Waals surface area contributed by atoms with Crippen LogP contribution in [-0.2, 0) is 4.79 Å². The Morgan fingerprint density at radius 3 is 2.61 bits per heavy atom. The molecule has 1 heterocycles. The first-order chi connectivity index (χ1) is 11.2. The van der Waals surface area contributed by atoms with E-state index in [0.717, 1.165) is 44.9 Å². The maximum Gasteiger partial charge on any atom is 0.313 e. The number of hydrogen-bond donors (Lipinski definition) is 2. The Kier molecular flexibility index (Phi) is 4.90. The van der Waals surface area contributed by atoms with Gasteiger partial charge in [0.1, 0.15) is 0 Å². The van der Waals surface area contributed by atoms with Crippen LogP contribution in [0.25, 0.3) is 0 Å². The molecule has 0 spiro atoms. The van der Waals surface area contributed by atoms with E-state index in [-0.39, 0.29) is 30.7 Å². The zero-order chi connectivity index (χ0) is 16.2. The molecule has 8 nitrogen and oxygen atoms in total. The summed E-state index contributed by atoms with van der Waals surface area (Å²) in [7, 11) is 0. The molecule has 23 heavy (non-hydrogen) atoms. The van der Waals surface area contributed by atoms with Crippen LogP contribution in [0.1, 0.15) is 73.8 Å². The molecule has 8 heteroatoms. The number of rotatable bonds is 5. The molecule has 0 bridgehead atoms. The summed E-state index contributed by atoms with van der Waals surface area (Å²) in [6.45, 7) is 0.243. The molecule has 1 aromatic heterocycles. The third-order valence-electron chi connectivity index (χ3n) is 4.33. The van der Waals surface area contributed by atoms with E-state index >= 15 is 0 Å². The lowest BCUT2D eigenvalue weighted by atomic mass is 9.95. The van der Waals surface area contributed by atoms with Crippen LogP contribution in [0.4, 0.5) is 0 Å². The van der Waals surface area contributed by atoms with Gasteiger partial charge < -0.3 is 10.3 Å². The van der Waals surface area contributed by atoms with Crippen LogP contribution in [0.15, 0.2) is 4.52 Å². The molecule has 2 fully saturated rings. The van der Waals surface area contributed by atoms with E-state index in [1.807, 2.05) is 0 Å². The third-order valence-corrected chi connectivity index (χ3v) is 4.33. The highest BCUT2D eigenvalue weighted by molar-refractivity contribution is 5.92. The normalized spacial score (nSPS) is 18.7. The monoisotopic (exact) mass is 321 g/mol. The van der Waals surface area contributed by atoms with Crippen molar-refractivity contribution >= 4 is 11.8 Å². The summed E-state index contributed by atoms with van der Waals surface area (Å²) in [4.78, 5) is 28.8. The number of hydrogen-bond acceptors (Lipinski definition) is 6. The molecule has 0 unspecified atom stereocenters.